The van der Waals surface area contributed by atoms with Crippen molar-refractivity contribution in [3.05, 3.63) is 35.9 Å². The molecule has 0 saturated carbocycles. The van der Waals surface area contributed by atoms with Crippen LogP contribution in [0.5, 0.6) is 0 Å². The average Bonchev–Trinajstić information content (AvgIpc) is 2.45. The van der Waals surface area contributed by atoms with Gasteiger partial charge in [0.2, 0.25) is 0 Å². The summed E-state index contributed by atoms with van der Waals surface area (Å²) >= 11 is 0. The molecule has 0 unspecified atom stereocenters. The molecule has 0 spiro atoms. The SMILES string of the molecule is N[C@H]1[C@@H](OCc2ccccc2)O[C@H](CO)[C@@H](N)[C@@H]1O. The maximum atomic E-state index is 9.89. The van der Waals surface area contributed by atoms with Crippen LogP contribution < -0.4 is 11.5 Å². The molecule has 1 aliphatic rings. The van der Waals surface area contributed by atoms with E-state index < -0.39 is 30.6 Å². The number of rotatable bonds is 4. The number of hydrogen-bond donors (Lipinski definition) is 4. The van der Waals surface area contributed by atoms with Crippen LogP contribution in [0.15, 0.2) is 30.3 Å². The Kier molecular flexibility index (Phi) is 4.87. The molecule has 0 aromatic heterocycles. The van der Waals surface area contributed by atoms with E-state index in [0.717, 1.165) is 5.56 Å². The van der Waals surface area contributed by atoms with E-state index in [1.54, 1.807) is 0 Å². The van der Waals surface area contributed by atoms with Gasteiger partial charge in [0.15, 0.2) is 6.29 Å². The number of aliphatic hydroxyl groups is 2. The summed E-state index contributed by atoms with van der Waals surface area (Å²) in [4.78, 5) is 0. The maximum Gasteiger partial charge on any atom is 0.176 e. The van der Waals surface area contributed by atoms with E-state index in [1.807, 2.05) is 30.3 Å². The highest BCUT2D eigenvalue weighted by molar-refractivity contribution is 5.13. The maximum absolute atomic E-state index is 9.89. The minimum atomic E-state index is -0.966. The van der Waals surface area contributed by atoms with Crippen LogP contribution in [0.3, 0.4) is 0 Å². The fourth-order valence-corrected chi connectivity index (χ4v) is 2.06. The van der Waals surface area contributed by atoms with Crippen molar-refractivity contribution in [2.75, 3.05) is 6.61 Å². The molecular weight excluding hydrogens is 248 g/mol. The second kappa shape index (κ2) is 6.42. The van der Waals surface area contributed by atoms with Crippen LogP contribution in [0.4, 0.5) is 0 Å². The highest BCUT2D eigenvalue weighted by Crippen LogP contribution is 2.20. The van der Waals surface area contributed by atoms with Crippen LogP contribution >= 0.6 is 0 Å². The number of benzene rings is 1. The van der Waals surface area contributed by atoms with E-state index >= 15 is 0 Å². The lowest BCUT2D eigenvalue weighted by atomic mass is 9.96. The van der Waals surface area contributed by atoms with Crippen molar-refractivity contribution < 1.29 is 19.7 Å². The summed E-state index contributed by atoms with van der Waals surface area (Å²) in [6, 6.07) is 8.11. The largest absolute Gasteiger partial charge is 0.394 e. The van der Waals surface area contributed by atoms with E-state index in [9.17, 15) is 5.11 Å². The van der Waals surface area contributed by atoms with Gasteiger partial charge in [0.25, 0.3) is 0 Å². The zero-order chi connectivity index (χ0) is 13.8. The fourth-order valence-electron chi connectivity index (χ4n) is 2.06. The Labute approximate surface area is 111 Å². The summed E-state index contributed by atoms with van der Waals surface area (Å²) in [6.45, 7) is 0.0372. The third-order valence-corrected chi connectivity index (χ3v) is 3.28. The summed E-state index contributed by atoms with van der Waals surface area (Å²) in [6.07, 6.45) is -2.42. The van der Waals surface area contributed by atoms with Crippen LogP contribution in [0, 0.1) is 0 Å². The second-order valence-electron chi connectivity index (χ2n) is 4.67. The molecule has 0 amide bonds. The van der Waals surface area contributed by atoms with E-state index in [1.165, 1.54) is 0 Å². The zero-order valence-corrected chi connectivity index (χ0v) is 10.6. The molecule has 1 saturated heterocycles. The molecule has 0 aliphatic carbocycles. The highest BCUT2D eigenvalue weighted by atomic mass is 16.7. The molecule has 1 aromatic rings. The Morgan fingerprint density at radius 2 is 1.84 bits per heavy atom. The van der Waals surface area contributed by atoms with Gasteiger partial charge in [-0.25, -0.2) is 0 Å². The molecule has 2 rings (SSSR count). The second-order valence-corrected chi connectivity index (χ2v) is 4.67. The molecular formula is C13H20N2O4. The molecule has 0 radical (unpaired) electrons. The lowest BCUT2D eigenvalue weighted by Gasteiger charge is -2.41. The van der Waals surface area contributed by atoms with Gasteiger partial charge in [-0.15, -0.1) is 0 Å². The van der Waals surface area contributed by atoms with Gasteiger partial charge in [0.05, 0.1) is 31.4 Å². The smallest absolute Gasteiger partial charge is 0.176 e. The fraction of sp³-hybridized carbons (Fsp3) is 0.538. The molecule has 6 N–H and O–H groups in total. The molecule has 19 heavy (non-hydrogen) atoms. The molecule has 1 heterocycles. The third-order valence-electron chi connectivity index (χ3n) is 3.28. The zero-order valence-electron chi connectivity index (χ0n) is 10.6. The normalized spacial score (nSPS) is 35.3. The van der Waals surface area contributed by atoms with Gasteiger partial charge >= 0.3 is 0 Å². The molecule has 6 heteroatoms. The highest BCUT2D eigenvalue weighted by Gasteiger charge is 2.41. The van der Waals surface area contributed by atoms with Crippen molar-refractivity contribution in [3.8, 4) is 0 Å². The van der Waals surface area contributed by atoms with Gasteiger partial charge in [0.1, 0.15) is 6.10 Å². The molecule has 1 fully saturated rings. The van der Waals surface area contributed by atoms with E-state index in [-0.39, 0.29) is 6.61 Å². The Balaban J connectivity index is 1.95. The van der Waals surface area contributed by atoms with E-state index in [4.69, 9.17) is 26.0 Å². The van der Waals surface area contributed by atoms with Gasteiger partial charge in [-0.2, -0.15) is 0 Å². The van der Waals surface area contributed by atoms with Crippen molar-refractivity contribution in [1.29, 1.82) is 0 Å². The molecule has 0 bridgehead atoms. The quantitative estimate of drug-likeness (QED) is 0.554. The lowest BCUT2D eigenvalue weighted by molar-refractivity contribution is -0.242. The van der Waals surface area contributed by atoms with E-state index in [0.29, 0.717) is 6.61 Å². The van der Waals surface area contributed by atoms with Crippen molar-refractivity contribution >= 4 is 0 Å². The summed E-state index contributed by atoms with van der Waals surface area (Å²) in [5.74, 6) is 0. The first-order valence-corrected chi connectivity index (χ1v) is 6.24. The number of nitrogens with two attached hydrogens (primary N) is 2. The number of hydrogen-bond acceptors (Lipinski definition) is 6. The molecule has 1 aliphatic heterocycles. The monoisotopic (exact) mass is 268 g/mol. The van der Waals surface area contributed by atoms with Crippen LogP contribution in [-0.4, -0.2) is 47.4 Å². The summed E-state index contributed by atoms with van der Waals surface area (Å²) in [7, 11) is 0. The van der Waals surface area contributed by atoms with Gasteiger partial charge in [-0.3, -0.25) is 0 Å². The van der Waals surface area contributed by atoms with Crippen LogP contribution in [0.1, 0.15) is 5.56 Å². The third kappa shape index (κ3) is 3.30. The van der Waals surface area contributed by atoms with Crippen molar-refractivity contribution in [2.45, 2.75) is 37.2 Å². The average molecular weight is 268 g/mol. The topological polar surface area (TPSA) is 111 Å². The van der Waals surface area contributed by atoms with Crippen LogP contribution in [-0.2, 0) is 16.1 Å². The van der Waals surface area contributed by atoms with Crippen LogP contribution in [0.2, 0.25) is 0 Å². The molecule has 1 aromatic carbocycles. The van der Waals surface area contributed by atoms with Gasteiger partial charge in [0, 0.05) is 0 Å². The number of aliphatic hydroxyl groups excluding tert-OH is 2. The number of ether oxygens (including phenoxy) is 2. The Hall–Kier alpha value is -1.02. The van der Waals surface area contributed by atoms with Crippen molar-refractivity contribution in [2.24, 2.45) is 11.5 Å². The lowest BCUT2D eigenvalue weighted by Crippen LogP contribution is -2.65. The van der Waals surface area contributed by atoms with Crippen molar-refractivity contribution in [3.63, 3.8) is 0 Å². The standard InChI is InChI=1S/C13H20N2O4/c14-10-9(6-16)19-13(11(15)12(10)17)18-7-8-4-2-1-3-5-8/h1-5,9-13,16-17H,6-7,14-15H2/t9-,10-,11-,12+,13+/m1/s1. The Morgan fingerprint density at radius 3 is 2.47 bits per heavy atom. The summed E-state index contributed by atoms with van der Waals surface area (Å²) < 4.78 is 11.0. The summed E-state index contributed by atoms with van der Waals surface area (Å²) in [5.41, 5.74) is 12.5. The first kappa shape index (κ1) is 14.4. The van der Waals surface area contributed by atoms with Gasteiger partial charge in [-0.05, 0) is 5.56 Å². The first-order valence-electron chi connectivity index (χ1n) is 6.24. The Bertz CT molecular complexity index is 387. The molecule has 6 nitrogen and oxygen atoms in total. The molecule has 106 valence electrons. The first-order chi connectivity index (χ1) is 9.13. The van der Waals surface area contributed by atoms with Gasteiger partial charge < -0.3 is 31.2 Å². The van der Waals surface area contributed by atoms with Crippen LogP contribution in [0.25, 0.3) is 0 Å². The predicted molar refractivity (Wildman–Crippen MR) is 68.9 cm³/mol. The van der Waals surface area contributed by atoms with Crippen molar-refractivity contribution in [1.82, 2.24) is 0 Å². The van der Waals surface area contributed by atoms with E-state index in [2.05, 4.69) is 0 Å². The minimum Gasteiger partial charge on any atom is -0.394 e. The Morgan fingerprint density at radius 1 is 1.16 bits per heavy atom. The predicted octanol–water partition coefficient (Wildman–Crippen LogP) is -1.06. The minimum absolute atomic E-state index is 0.282. The summed E-state index contributed by atoms with van der Waals surface area (Å²) in [5, 5.41) is 19.1. The molecule has 5 atom stereocenters. The van der Waals surface area contributed by atoms with Gasteiger partial charge in [-0.1, -0.05) is 30.3 Å².